The molecule has 0 bridgehead atoms. The maximum Gasteiger partial charge on any atom is 0.119 e. The largest absolute Gasteiger partial charge is 0.497 e. The number of ether oxygens (including phenoxy) is 1. The van der Waals surface area contributed by atoms with Crippen molar-refractivity contribution in [2.45, 2.75) is 6.04 Å². The molecule has 0 amide bonds. The molecule has 88 valence electrons. The molecule has 1 unspecified atom stereocenters. The van der Waals surface area contributed by atoms with Crippen LogP contribution in [0.3, 0.4) is 0 Å². The highest BCUT2D eigenvalue weighted by molar-refractivity contribution is 14.1. The fourth-order valence-corrected chi connectivity index (χ4v) is 2.06. The van der Waals surface area contributed by atoms with Gasteiger partial charge in [-0.3, -0.25) is 0 Å². The normalized spacial score (nSPS) is 12.2. The van der Waals surface area contributed by atoms with Crippen LogP contribution in [0, 0.1) is 3.57 Å². The summed E-state index contributed by atoms with van der Waals surface area (Å²) in [5.41, 5.74) is 8.40. The second-order valence-corrected chi connectivity index (χ2v) is 5.05. The van der Waals surface area contributed by atoms with Gasteiger partial charge in [0.15, 0.2) is 0 Å². The highest BCUT2D eigenvalue weighted by Gasteiger charge is 2.09. The van der Waals surface area contributed by atoms with Gasteiger partial charge in [-0.2, -0.15) is 0 Å². The quantitative estimate of drug-likeness (QED) is 0.871. The first kappa shape index (κ1) is 12.4. The van der Waals surface area contributed by atoms with E-state index in [1.807, 2.05) is 24.3 Å². The van der Waals surface area contributed by atoms with E-state index in [-0.39, 0.29) is 6.04 Å². The van der Waals surface area contributed by atoms with Crippen LogP contribution in [0.4, 0.5) is 0 Å². The molecule has 2 nitrogen and oxygen atoms in total. The number of hydrogen-bond acceptors (Lipinski definition) is 2. The number of rotatable bonds is 3. The Hall–Kier alpha value is -1.07. The third-order valence-electron chi connectivity index (χ3n) is 2.68. The topological polar surface area (TPSA) is 35.2 Å². The fourth-order valence-electron chi connectivity index (χ4n) is 1.70. The summed E-state index contributed by atoms with van der Waals surface area (Å²) < 4.78 is 6.42. The van der Waals surface area contributed by atoms with Gasteiger partial charge in [-0.15, -0.1) is 0 Å². The van der Waals surface area contributed by atoms with Gasteiger partial charge < -0.3 is 10.5 Å². The minimum atomic E-state index is -0.109. The predicted molar refractivity (Wildman–Crippen MR) is 78.2 cm³/mol. The molecule has 0 aliphatic carbocycles. The summed E-state index contributed by atoms with van der Waals surface area (Å²) in [6, 6.07) is 16.0. The van der Waals surface area contributed by atoms with Crippen LogP contribution in [-0.4, -0.2) is 7.11 Å². The monoisotopic (exact) mass is 339 g/mol. The number of halogens is 1. The van der Waals surface area contributed by atoms with Crippen LogP contribution < -0.4 is 10.5 Å². The van der Waals surface area contributed by atoms with Crippen molar-refractivity contribution in [3.63, 3.8) is 0 Å². The molecule has 0 aliphatic heterocycles. The summed E-state index contributed by atoms with van der Waals surface area (Å²) in [6.07, 6.45) is 0. The SMILES string of the molecule is COc1cccc(C(N)c2ccc(I)cc2)c1. The molecule has 3 heteroatoms. The van der Waals surface area contributed by atoms with Crippen molar-refractivity contribution in [1.82, 2.24) is 0 Å². The highest BCUT2D eigenvalue weighted by Crippen LogP contribution is 2.23. The lowest BCUT2D eigenvalue weighted by atomic mass is 10.00. The predicted octanol–water partition coefficient (Wildman–Crippen LogP) is 3.35. The zero-order chi connectivity index (χ0) is 12.3. The Morgan fingerprint density at radius 3 is 2.41 bits per heavy atom. The van der Waals surface area contributed by atoms with Crippen LogP contribution in [0.15, 0.2) is 48.5 Å². The molecule has 1 atom stereocenters. The van der Waals surface area contributed by atoms with Gasteiger partial charge in [0.05, 0.1) is 13.2 Å². The van der Waals surface area contributed by atoms with Crippen LogP contribution in [0.5, 0.6) is 5.75 Å². The van der Waals surface area contributed by atoms with Gasteiger partial charge in [0.25, 0.3) is 0 Å². The van der Waals surface area contributed by atoms with Crippen LogP contribution in [0.25, 0.3) is 0 Å². The molecule has 2 N–H and O–H groups in total. The average molecular weight is 339 g/mol. The molecule has 0 radical (unpaired) electrons. The van der Waals surface area contributed by atoms with Crippen LogP contribution >= 0.6 is 22.6 Å². The van der Waals surface area contributed by atoms with Crippen LogP contribution in [0.2, 0.25) is 0 Å². The van der Waals surface area contributed by atoms with E-state index in [0.29, 0.717) is 0 Å². The number of nitrogens with two attached hydrogens (primary N) is 1. The third kappa shape index (κ3) is 2.98. The van der Waals surface area contributed by atoms with E-state index in [0.717, 1.165) is 16.9 Å². The second kappa shape index (κ2) is 5.51. The first-order valence-corrected chi connectivity index (χ1v) is 6.43. The Balaban J connectivity index is 2.29. The van der Waals surface area contributed by atoms with Crippen molar-refractivity contribution in [3.8, 4) is 5.75 Å². The summed E-state index contributed by atoms with van der Waals surface area (Å²) in [5.74, 6) is 0.837. The van der Waals surface area contributed by atoms with Crippen molar-refractivity contribution in [2.24, 2.45) is 5.73 Å². The van der Waals surface area contributed by atoms with E-state index >= 15 is 0 Å². The van der Waals surface area contributed by atoms with E-state index < -0.39 is 0 Å². The highest BCUT2D eigenvalue weighted by atomic mass is 127. The Morgan fingerprint density at radius 1 is 1.06 bits per heavy atom. The van der Waals surface area contributed by atoms with Gasteiger partial charge >= 0.3 is 0 Å². The summed E-state index contributed by atoms with van der Waals surface area (Å²) >= 11 is 2.29. The fraction of sp³-hybridized carbons (Fsp3) is 0.143. The molecule has 0 spiro atoms. The first-order chi connectivity index (χ1) is 8.20. The lowest BCUT2D eigenvalue weighted by molar-refractivity contribution is 0.414. The minimum absolute atomic E-state index is 0.109. The summed E-state index contributed by atoms with van der Waals surface area (Å²) in [4.78, 5) is 0. The molecule has 2 aromatic rings. The van der Waals surface area contributed by atoms with Crippen molar-refractivity contribution in [1.29, 1.82) is 0 Å². The van der Waals surface area contributed by atoms with Gasteiger partial charge in [0.2, 0.25) is 0 Å². The summed E-state index contributed by atoms with van der Waals surface area (Å²) in [5, 5.41) is 0. The number of benzene rings is 2. The molecule has 0 fully saturated rings. The second-order valence-electron chi connectivity index (χ2n) is 3.81. The Morgan fingerprint density at radius 2 is 1.76 bits per heavy atom. The molecule has 17 heavy (non-hydrogen) atoms. The zero-order valence-electron chi connectivity index (χ0n) is 9.56. The molecule has 0 saturated heterocycles. The molecular weight excluding hydrogens is 325 g/mol. The van der Waals surface area contributed by atoms with E-state index in [4.69, 9.17) is 10.5 Å². The maximum absolute atomic E-state index is 6.23. The van der Waals surface area contributed by atoms with Crippen molar-refractivity contribution in [2.75, 3.05) is 7.11 Å². The van der Waals surface area contributed by atoms with Crippen molar-refractivity contribution >= 4 is 22.6 Å². The zero-order valence-corrected chi connectivity index (χ0v) is 11.7. The Bertz CT molecular complexity index is 496. The lowest BCUT2D eigenvalue weighted by Gasteiger charge is -2.13. The average Bonchev–Trinajstić information content (AvgIpc) is 2.39. The number of methoxy groups -OCH3 is 1. The van der Waals surface area contributed by atoms with Crippen LogP contribution in [-0.2, 0) is 0 Å². The van der Waals surface area contributed by atoms with Gasteiger partial charge in [-0.1, -0.05) is 24.3 Å². The lowest BCUT2D eigenvalue weighted by Crippen LogP contribution is -2.11. The van der Waals surface area contributed by atoms with Gasteiger partial charge in [0.1, 0.15) is 5.75 Å². The Labute approximate surface area is 115 Å². The van der Waals surface area contributed by atoms with E-state index in [2.05, 4.69) is 46.9 Å². The molecule has 0 aliphatic rings. The van der Waals surface area contributed by atoms with Crippen molar-refractivity contribution in [3.05, 3.63) is 63.2 Å². The standard InChI is InChI=1S/C14H14INO/c1-17-13-4-2-3-11(9-13)14(16)10-5-7-12(15)8-6-10/h2-9,14H,16H2,1H3. The first-order valence-electron chi connectivity index (χ1n) is 5.35. The number of hydrogen-bond donors (Lipinski definition) is 1. The molecule has 0 heterocycles. The van der Waals surface area contributed by atoms with E-state index in [1.165, 1.54) is 3.57 Å². The van der Waals surface area contributed by atoms with Gasteiger partial charge in [0, 0.05) is 3.57 Å². The van der Waals surface area contributed by atoms with Crippen molar-refractivity contribution < 1.29 is 4.74 Å². The molecule has 2 rings (SSSR count). The molecule has 2 aromatic carbocycles. The minimum Gasteiger partial charge on any atom is -0.497 e. The van der Waals surface area contributed by atoms with Gasteiger partial charge in [-0.05, 0) is 58.0 Å². The van der Waals surface area contributed by atoms with E-state index in [9.17, 15) is 0 Å². The molecule has 0 saturated carbocycles. The molecular formula is C14H14INO. The Kier molecular flexibility index (Phi) is 4.02. The van der Waals surface area contributed by atoms with Gasteiger partial charge in [-0.25, -0.2) is 0 Å². The molecule has 0 aromatic heterocycles. The maximum atomic E-state index is 6.23. The summed E-state index contributed by atoms with van der Waals surface area (Å²) in [7, 11) is 1.66. The third-order valence-corrected chi connectivity index (χ3v) is 3.40. The van der Waals surface area contributed by atoms with Crippen LogP contribution in [0.1, 0.15) is 17.2 Å². The smallest absolute Gasteiger partial charge is 0.119 e. The van der Waals surface area contributed by atoms with E-state index in [1.54, 1.807) is 7.11 Å². The summed E-state index contributed by atoms with van der Waals surface area (Å²) in [6.45, 7) is 0.